The lowest BCUT2D eigenvalue weighted by Crippen LogP contribution is -2.32. The minimum Gasteiger partial charge on any atom is -0.466 e. The third-order valence-corrected chi connectivity index (χ3v) is 5.51. The number of hydrogen-bond donors (Lipinski definition) is 0. The number of hydrogen-bond acceptors (Lipinski definition) is 7. The standard InChI is InChI=1S/C17H25NO6S/c1-3-23-16(19)12-7-5-6-10-14(17(20)24-4-2)25(21,22)15-11-8-9-13-18-15/h8-9,11,13-14H,3-7,10,12H2,1-2H3. The molecule has 1 heterocycles. The lowest BCUT2D eigenvalue weighted by molar-refractivity contribution is -0.144. The number of unbranched alkanes of at least 4 members (excludes halogenated alkanes) is 2. The molecule has 0 amide bonds. The van der Waals surface area contributed by atoms with E-state index in [0.717, 1.165) is 0 Å². The zero-order valence-corrected chi connectivity index (χ0v) is 15.5. The van der Waals surface area contributed by atoms with Crippen molar-refractivity contribution in [3.05, 3.63) is 24.4 Å². The molecule has 1 aromatic heterocycles. The van der Waals surface area contributed by atoms with Crippen molar-refractivity contribution in [3.8, 4) is 0 Å². The van der Waals surface area contributed by atoms with Gasteiger partial charge in [0.05, 0.1) is 13.2 Å². The van der Waals surface area contributed by atoms with Gasteiger partial charge in [0.25, 0.3) is 0 Å². The van der Waals surface area contributed by atoms with Gasteiger partial charge in [0.2, 0.25) is 9.84 Å². The summed E-state index contributed by atoms with van der Waals surface area (Å²) in [5.41, 5.74) is 0. The quantitative estimate of drug-likeness (QED) is 0.434. The van der Waals surface area contributed by atoms with Crippen molar-refractivity contribution in [2.45, 2.75) is 56.2 Å². The molecule has 0 saturated heterocycles. The Morgan fingerprint density at radius 1 is 1.08 bits per heavy atom. The molecule has 8 heteroatoms. The highest BCUT2D eigenvalue weighted by atomic mass is 32.2. The van der Waals surface area contributed by atoms with Gasteiger partial charge in [0.1, 0.15) is 0 Å². The van der Waals surface area contributed by atoms with E-state index in [-0.39, 0.29) is 30.4 Å². The molecule has 1 unspecified atom stereocenters. The van der Waals surface area contributed by atoms with Crippen molar-refractivity contribution in [1.82, 2.24) is 4.98 Å². The number of carbonyl (C=O) groups excluding carboxylic acids is 2. The molecule has 0 aliphatic rings. The van der Waals surface area contributed by atoms with E-state index < -0.39 is 21.1 Å². The Hall–Kier alpha value is -1.96. The molecule has 1 rings (SSSR count). The monoisotopic (exact) mass is 371 g/mol. The predicted molar refractivity (Wildman–Crippen MR) is 91.6 cm³/mol. The van der Waals surface area contributed by atoms with Gasteiger partial charge in [-0.1, -0.05) is 18.9 Å². The van der Waals surface area contributed by atoms with Crippen molar-refractivity contribution in [2.75, 3.05) is 13.2 Å². The third kappa shape index (κ3) is 6.81. The summed E-state index contributed by atoms with van der Waals surface area (Å²) in [6.07, 6.45) is 3.46. The molecule has 0 N–H and O–H groups in total. The Balaban J connectivity index is 2.69. The molecule has 0 fully saturated rings. The van der Waals surface area contributed by atoms with Crippen molar-refractivity contribution in [2.24, 2.45) is 0 Å². The molecule has 140 valence electrons. The molecule has 0 radical (unpaired) electrons. The predicted octanol–water partition coefficient (Wildman–Crippen LogP) is 2.30. The second kappa shape index (κ2) is 10.8. The Labute approximate surface area is 148 Å². The fraction of sp³-hybridized carbons (Fsp3) is 0.588. The van der Waals surface area contributed by atoms with Crippen LogP contribution >= 0.6 is 0 Å². The average molecular weight is 371 g/mol. The molecule has 0 saturated carbocycles. The molecule has 0 bridgehead atoms. The minimum atomic E-state index is -3.91. The van der Waals surface area contributed by atoms with Crippen LogP contribution in [0.5, 0.6) is 0 Å². The van der Waals surface area contributed by atoms with Gasteiger partial charge in [-0.2, -0.15) is 0 Å². The summed E-state index contributed by atoms with van der Waals surface area (Å²) in [5, 5.41) is -1.43. The van der Waals surface area contributed by atoms with Crippen molar-refractivity contribution < 1.29 is 27.5 Å². The second-order valence-electron chi connectivity index (χ2n) is 5.36. The molecule has 0 aliphatic carbocycles. The zero-order valence-electron chi connectivity index (χ0n) is 14.6. The minimum absolute atomic E-state index is 0.107. The van der Waals surface area contributed by atoms with Gasteiger partial charge < -0.3 is 9.47 Å². The van der Waals surface area contributed by atoms with E-state index in [1.54, 1.807) is 26.0 Å². The summed E-state index contributed by atoms with van der Waals surface area (Å²) < 4.78 is 35.1. The number of esters is 2. The van der Waals surface area contributed by atoms with Crippen LogP contribution in [-0.4, -0.2) is 43.8 Å². The first-order valence-electron chi connectivity index (χ1n) is 8.40. The number of nitrogens with zero attached hydrogens (tertiary/aromatic N) is 1. The Kier molecular flexibility index (Phi) is 9.12. The van der Waals surface area contributed by atoms with Gasteiger partial charge in [-0.15, -0.1) is 0 Å². The summed E-state index contributed by atoms with van der Waals surface area (Å²) in [7, 11) is -3.91. The number of sulfone groups is 1. The molecule has 0 aliphatic heterocycles. The first-order chi connectivity index (χ1) is 11.9. The van der Waals surface area contributed by atoms with Crippen LogP contribution in [0.3, 0.4) is 0 Å². The first-order valence-corrected chi connectivity index (χ1v) is 9.95. The fourth-order valence-electron chi connectivity index (χ4n) is 2.31. The molecular weight excluding hydrogens is 346 g/mol. The van der Waals surface area contributed by atoms with Crippen LogP contribution in [-0.2, 0) is 28.9 Å². The highest BCUT2D eigenvalue weighted by Gasteiger charge is 2.35. The van der Waals surface area contributed by atoms with Gasteiger partial charge in [-0.25, -0.2) is 13.4 Å². The first kappa shape index (κ1) is 21.1. The van der Waals surface area contributed by atoms with E-state index in [2.05, 4.69) is 4.98 Å². The maximum atomic E-state index is 12.7. The highest BCUT2D eigenvalue weighted by molar-refractivity contribution is 7.92. The fourth-order valence-corrected chi connectivity index (χ4v) is 3.87. The van der Waals surface area contributed by atoms with Gasteiger partial charge in [-0.05, 0) is 38.8 Å². The third-order valence-electron chi connectivity index (χ3n) is 3.51. The molecule has 0 aromatic carbocycles. The topological polar surface area (TPSA) is 99.6 Å². The molecule has 25 heavy (non-hydrogen) atoms. The lowest BCUT2D eigenvalue weighted by atomic mass is 10.1. The van der Waals surface area contributed by atoms with E-state index in [1.165, 1.54) is 12.3 Å². The highest BCUT2D eigenvalue weighted by Crippen LogP contribution is 2.20. The van der Waals surface area contributed by atoms with Gasteiger partial charge in [0, 0.05) is 12.6 Å². The normalized spacial score (nSPS) is 12.4. The maximum absolute atomic E-state index is 12.7. The molecule has 0 spiro atoms. The number of pyridine rings is 1. The van der Waals surface area contributed by atoms with E-state index >= 15 is 0 Å². The molecule has 7 nitrogen and oxygen atoms in total. The summed E-state index contributed by atoms with van der Waals surface area (Å²) in [6.45, 7) is 3.81. The number of aromatic nitrogens is 1. The van der Waals surface area contributed by atoms with Crippen LogP contribution in [0.1, 0.15) is 46.0 Å². The second-order valence-corrected chi connectivity index (χ2v) is 7.44. The average Bonchev–Trinajstić information content (AvgIpc) is 2.59. The number of carbonyl (C=O) groups is 2. The van der Waals surface area contributed by atoms with Crippen molar-refractivity contribution in [1.29, 1.82) is 0 Å². The van der Waals surface area contributed by atoms with Crippen LogP contribution in [0.4, 0.5) is 0 Å². The van der Waals surface area contributed by atoms with E-state index in [1.807, 2.05) is 0 Å². The lowest BCUT2D eigenvalue weighted by Gasteiger charge is -2.15. The number of ether oxygens (including phenoxy) is 2. The smallest absolute Gasteiger partial charge is 0.324 e. The van der Waals surface area contributed by atoms with Gasteiger partial charge in [-0.3, -0.25) is 9.59 Å². The summed E-state index contributed by atoms with van der Waals surface area (Å²) in [5.74, 6) is -1.04. The Morgan fingerprint density at radius 3 is 2.40 bits per heavy atom. The summed E-state index contributed by atoms with van der Waals surface area (Å²) in [4.78, 5) is 27.2. The van der Waals surface area contributed by atoms with E-state index in [0.29, 0.717) is 25.9 Å². The summed E-state index contributed by atoms with van der Waals surface area (Å²) in [6, 6.07) is 4.53. The van der Waals surface area contributed by atoms with Crippen molar-refractivity contribution >= 4 is 21.8 Å². The van der Waals surface area contributed by atoms with Gasteiger partial charge >= 0.3 is 11.9 Å². The Morgan fingerprint density at radius 2 is 1.80 bits per heavy atom. The van der Waals surface area contributed by atoms with Crippen LogP contribution in [0.2, 0.25) is 0 Å². The molecule has 1 atom stereocenters. The van der Waals surface area contributed by atoms with E-state index in [4.69, 9.17) is 9.47 Å². The van der Waals surface area contributed by atoms with Crippen LogP contribution < -0.4 is 0 Å². The van der Waals surface area contributed by atoms with Gasteiger partial charge in [0.15, 0.2) is 10.3 Å². The maximum Gasteiger partial charge on any atom is 0.324 e. The van der Waals surface area contributed by atoms with Crippen LogP contribution in [0, 0.1) is 0 Å². The summed E-state index contributed by atoms with van der Waals surface area (Å²) >= 11 is 0. The largest absolute Gasteiger partial charge is 0.466 e. The number of rotatable bonds is 11. The van der Waals surface area contributed by atoms with Crippen LogP contribution in [0.15, 0.2) is 29.4 Å². The molecular formula is C17H25NO6S. The Bertz CT molecular complexity index is 644. The van der Waals surface area contributed by atoms with E-state index in [9.17, 15) is 18.0 Å². The van der Waals surface area contributed by atoms with Crippen molar-refractivity contribution in [3.63, 3.8) is 0 Å². The SMILES string of the molecule is CCOC(=O)CCCCCC(C(=O)OCC)S(=O)(=O)c1ccccn1. The molecule has 1 aromatic rings. The zero-order chi connectivity index (χ0) is 18.7. The van der Waals surface area contributed by atoms with Crippen LogP contribution in [0.25, 0.3) is 0 Å².